The highest BCUT2D eigenvalue weighted by Gasteiger charge is 2.19. The largest absolute Gasteiger partial charge is 0.398 e. The van der Waals surface area contributed by atoms with Gasteiger partial charge in [0.1, 0.15) is 0 Å². The van der Waals surface area contributed by atoms with Crippen molar-refractivity contribution < 1.29 is 0 Å². The molecule has 74 valence electrons. The Hall–Kier alpha value is -1.76. The molecule has 15 heavy (non-hydrogen) atoms. The molecular weight excluding hydrogens is 182 g/mol. The molecule has 0 bridgehead atoms. The van der Waals surface area contributed by atoms with E-state index in [0.717, 1.165) is 12.1 Å². The highest BCUT2D eigenvalue weighted by molar-refractivity contribution is 5.73. The van der Waals surface area contributed by atoms with E-state index in [2.05, 4.69) is 36.4 Å². The topological polar surface area (TPSA) is 26.0 Å². The van der Waals surface area contributed by atoms with Gasteiger partial charge in [0.2, 0.25) is 0 Å². The fourth-order valence-corrected chi connectivity index (χ4v) is 2.33. The molecule has 1 unspecified atom stereocenters. The molecule has 1 aromatic rings. The predicted octanol–water partition coefficient (Wildman–Crippen LogP) is 2.95. The summed E-state index contributed by atoms with van der Waals surface area (Å²) in [5.74, 6) is 0.546. The minimum atomic E-state index is 0.546. The van der Waals surface area contributed by atoms with Crippen LogP contribution in [0.4, 0.5) is 5.69 Å². The molecule has 1 heteroatoms. The average molecular weight is 195 g/mol. The first-order chi connectivity index (χ1) is 7.34. The van der Waals surface area contributed by atoms with Crippen molar-refractivity contribution in [1.82, 2.24) is 0 Å². The van der Waals surface area contributed by atoms with Gasteiger partial charge in [-0.3, -0.25) is 0 Å². The summed E-state index contributed by atoms with van der Waals surface area (Å²) in [6.45, 7) is 0. The number of benzene rings is 1. The Bertz CT molecular complexity index is 492. The zero-order valence-electron chi connectivity index (χ0n) is 8.48. The standard InChI is InChI=1S/C14H13N/c15-14-7-3-6-12-8-10-4-1-2-5-11(10)9-13(12)14/h1-7,9-10H,8,15H2. The monoisotopic (exact) mass is 195 g/mol. The van der Waals surface area contributed by atoms with Crippen LogP contribution in [0.3, 0.4) is 0 Å². The molecule has 0 spiro atoms. The summed E-state index contributed by atoms with van der Waals surface area (Å²) in [6.07, 6.45) is 12.0. The number of allylic oxidation sites excluding steroid dienone is 5. The highest BCUT2D eigenvalue weighted by Crippen LogP contribution is 2.34. The summed E-state index contributed by atoms with van der Waals surface area (Å²) in [7, 11) is 0. The van der Waals surface area contributed by atoms with Crippen LogP contribution in [0.15, 0.2) is 48.1 Å². The molecule has 1 nitrogen and oxygen atoms in total. The van der Waals surface area contributed by atoms with Crippen molar-refractivity contribution in [3.63, 3.8) is 0 Å². The third kappa shape index (κ3) is 1.32. The summed E-state index contributed by atoms with van der Waals surface area (Å²) in [5.41, 5.74) is 10.8. The van der Waals surface area contributed by atoms with Gasteiger partial charge < -0.3 is 5.73 Å². The van der Waals surface area contributed by atoms with Crippen molar-refractivity contribution in [2.75, 3.05) is 5.73 Å². The minimum Gasteiger partial charge on any atom is -0.398 e. The lowest BCUT2D eigenvalue weighted by Crippen LogP contribution is -2.12. The first-order valence-electron chi connectivity index (χ1n) is 5.28. The van der Waals surface area contributed by atoms with Gasteiger partial charge in [-0.2, -0.15) is 0 Å². The molecule has 0 heterocycles. The van der Waals surface area contributed by atoms with Gasteiger partial charge in [-0.15, -0.1) is 0 Å². The second kappa shape index (κ2) is 3.13. The molecule has 0 fully saturated rings. The molecule has 0 saturated heterocycles. The fraction of sp³-hybridized carbons (Fsp3) is 0.143. The number of rotatable bonds is 0. The second-order valence-electron chi connectivity index (χ2n) is 4.12. The van der Waals surface area contributed by atoms with Gasteiger partial charge in [-0.25, -0.2) is 0 Å². The predicted molar refractivity (Wildman–Crippen MR) is 64.3 cm³/mol. The van der Waals surface area contributed by atoms with E-state index in [-0.39, 0.29) is 0 Å². The molecule has 1 atom stereocenters. The van der Waals surface area contributed by atoms with Crippen LogP contribution in [0.1, 0.15) is 11.1 Å². The van der Waals surface area contributed by atoms with Gasteiger partial charge in [0.15, 0.2) is 0 Å². The molecule has 2 N–H and O–H groups in total. The molecule has 0 radical (unpaired) electrons. The van der Waals surface area contributed by atoms with Crippen molar-refractivity contribution >= 4 is 11.8 Å². The van der Waals surface area contributed by atoms with Gasteiger partial charge >= 0.3 is 0 Å². The van der Waals surface area contributed by atoms with Gasteiger partial charge in [0, 0.05) is 17.2 Å². The van der Waals surface area contributed by atoms with Crippen LogP contribution >= 0.6 is 0 Å². The summed E-state index contributed by atoms with van der Waals surface area (Å²) < 4.78 is 0. The quantitative estimate of drug-likeness (QED) is 0.633. The Kier molecular flexibility index (Phi) is 1.78. The Labute approximate surface area is 89.6 Å². The molecule has 2 aliphatic rings. The smallest absolute Gasteiger partial charge is 0.0390 e. The fourth-order valence-electron chi connectivity index (χ4n) is 2.33. The number of nitrogens with two attached hydrogens (primary N) is 1. The molecule has 0 saturated carbocycles. The third-order valence-corrected chi connectivity index (χ3v) is 3.15. The maximum atomic E-state index is 5.98. The summed E-state index contributed by atoms with van der Waals surface area (Å²) in [4.78, 5) is 0. The SMILES string of the molecule is Nc1cccc2c1C=C1C=CC=CC1C2. The van der Waals surface area contributed by atoms with E-state index >= 15 is 0 Å². The van der Waals surface area contributed by atoms with Crippen LogP contribution in [0.2, 0.25) is 0 Å². The van der Waals surface area contributed by atoms with Crippen molar-refractivity contribution in [2.24, 2.45) is 5.92 Å². The summed E-state index contributed by atoms with van der Waals surface area (Å²) in [6, 6.07) is 6.18. The zero-order chi connectivity index (χ0) is 10.3. The van der Waals surface area contributed by atoms with Crippen molar-refractivity contribution in [3.05, 3.63) is 59.2 Å². The zero-order valence-corrected chi connectivity index (χ0v) is 8.48. The van der Waals surface area contributed by atoms with Crippen molar-refractivity contribution in [3.8, 4) is 0 Å². The maximum Gasteiger partial charge on any atom is 0.0390 e. The maximum absolute atomic E-state index is 5.98. The molecule has 1 aromatic carbocycles. The second-order valence-corrected chi connectivity index (χ2v) is 4.12. The van der Waals surface area contributed by atoms with Crippen LogP contribution in [-0.2, 0) is 6.42 Å². The summed E-state index contributed by atoms with van der Waals surface area (Å²) >= 11 is 0. The number of hydrogen-bond acceptors (Lipinski definition) is 1. The first kappa shape index (κ1) is 8.54. The van der Waals surface area contributed by atoms with Crippen LogP contribution in [0.25, 0.3) is 6.08 Å². The Morgan fingerprint density at radius 1 is 1.20 bits per heavy atom. The van der Waals surface area contributed by atoms with Gasteiger partial charge in [-0.1, -0.05) is 36.4 Å². The normalized spacial score (nSPS) is 21.9. The van der Waals surface area contributed by atoms with E-state index in [1.165, 1.54) is 16.7 Å². The van der Waals surface area contributed by atoms with Crippen molar-refractivity contribution in [2.45, 2.75) is 6.42 Å². The van der Waals surface area contributed by atoms with Crippen LogP contribution in [-0.4, -0.2) is 0 Å². The highest BCUT2D eigenvalue weighted by atomic mass is 14.6. The number of fused-ring (bicyclic) bond motifs is 2. The molecule has 0 aromatic heterocycles. The van der Waals surface area contributed by atoms with E-state index < -0.39 is 0 Å². The number of hydrogen-bond donors (Lipinski definition) is 1. The third-order valence-electron chi connectivity index (χ3n) is 3.15. The molecule has 0 amide bonds. The average Bonchev–Trinajstić information content (AvgIpc) is 2.27. The molecule has 0 aliphatic heterocycles. The van der Waals surface area contributed by atoms with E-state index in [1.54, 1.807) is 0 Å². The van der Waals surface area contributed by atoms with Crippen molar-refractivity contribution in [1.29, 1.82) is 0 Å². The molecule has 3 rings (SSSR count). The van der Waals surface area contributed by atoms with Crippen LogP contribution in [0.5, 0.6) is 0 Å². The van der Waals surface area contributed by atoms with E-state index in [0.29, 0.717) is 5.92 Å². The summed E-state index contributed by atoms with van der Waals surface area (Å²) in [5, 5.41) is 0. The lowest BCUT2D eigenvalue weighted by Gasteiger charge is -2.24. The van der Waals surface area contributed by atoms with Crippen LogP contribution < -0.4 is 5.73 Å². The van der Waals surface area contributed by atoms with Gasteiger partial charge in [-0.05, 0) is 29.7 Å². The van der Waals surface area contributed by atoms with Gasteiger partial charge in [0.25, 0.3) is 0 Å². The number of anilines is 1. The van der Waals surface area contributed by atoms with E-state index in [1.807, 2.05) is 12.1 Å². The molecular formula is C14H13N. The Balaban J connectivity index is 2.17. The minimum absolute atomic E-state index is 0.546. The number of nitrogen functional groups attached to an aromatic ring is 1. The van der Waals surface area contributed by atoms with Gasteiger partial charge in [0.05, 0.1) is 0 Å². The Morgan fingerprint density at radius 2 is 2.13 bits per heavy atom. The Morgan fingerprint density at radius 3 is 3.07 bits per heavy atom. The molecule has 2 aliphatic carbocycles. The lowest BCUT2D eigenvalue weighted by atomic mass is 9.81. The van der Waals surface area contributed by atoms with E-state index in [9.17, 15) is 0 Å². The first-order valence-corrected chi connectivity index (χ1v) is 5.28. The van der Waals surface area contributed by atoms with E-state index in [4.69, 9.17) is 5.73 Å². The lowest BCUT2D eigenvalue weighted by molar-refractivity contribution is 0.759. The van der Waals surface area contributed by atoms with Crippen LogP contribution in [0, 0.1) is 5.92 Å².